The summed E-state index contributed by atoms with van der Waals surface area (Å²) in [4.78, 5) is 19.7. The molecular formula is C11H15N5O2. The first-order chi connectivity index (χ1) is 8.40. The van der Waals surface area contributed by atoms with Crippen molar-refractivity contribution < 1.29 is 9.90 Å². The van der Waals surface area contributed by atoms with Crippen LogP contribution in [-0.2, 0) is 6.54 Å². The largest absolute Gasteiger partial charge is 0.392 e. The first kappa shape index (κ1) is 12.3. The van der Waals surface area contributed by atoms with E-state index in [1.807, 2.05) is 0 Å². The molecule has 0 aliphatic carbocycles. The number of hydrogen-bond donors (Lipinski definition) is 3. The van der Waals surface area contributed by atoms with Gasteiger partial charge in [-0.15, -0.1) is 0 Å². The number of aryl methyl sites for hydroxylation is 1. The van der Waals surface area contributed by atoms with Gasteiger partial charge in [-0.3, -0.25) is 4.79 Å². The van der Waals surface area contributed by atoms with E-state index in [1.54, 1.807) is 24.6 Å². The molecule has 0 aromatic carbocycles. The molecule has 0 aliphatic rings. The Labute approximate surface area is 103 Å². The van der Waals surface area contributed by atoms with Crippen LogP contribution in [-0.4, -0.2) is 31.7 Å². The Morgan fingerprint density at radius 3 is 2.78 bits per heavy atom. The number of nitrogens with two attached hydrogens (primary N) is 2. The lowest BCUT2D eigenvalue weighted by Gasteiger charge is -2.07. The molecule has 0 saturated carbocycles. The fourth-order valence-corrected chi connectivity index (χ4v) is 1.94. The van der Waals surface area contributed by atoms with Crippen LogP contribution in [0.3, 0.4) is 0 Å². The number of rotatable bonds is 3. The Kier molecular flexibility index (Phi) is 2.92. The highest BCUT2D eigenvalue weighted by Gasteiger charge is 2.18. The number of primary amides is 1. The van der Waals surface area contributed by atoms with Gasteiger partial charge in [0, 0.05) is 12.7 Å². The number of nitrogens with zero attached hydrogens (tertiary/aromatic N) is 3. The van der Waals surface area contributed by atoms with E-state index in [2.05, 4.69) is 9.97 Å². The molecule has 2 aromatic heterocycles. The SMILES string of the molecule is Cc1nc(N)c2c(C(N)=O)cn(C[C@H](C)O)c2n1. The molecule has 2 aromatic rings. The smallest absolute Gasteiger partial charge is 0.251 e. The molecule has 2 heterocycles. The van der Waals surface area contributed by atoms with Gasteiger partial charge in [-0.05, 0) is 13.8 Å². The van der Waals surface area contributed by atoms with Crippen molar-refractivity contribution in [2.24, 2.45) is 5.73 Å². The number of hydrogen-bond acceptors (Lipinski definition) is 5. The van der Waals surface area contributed by atoms with Crippen molar-refractivity contribution in [3.8, 4) is 0 Å². The molecule has 96 valence electrons. The Bertz CT molecular complexity index is 617. The standard InChI is InChI=1S/C11H15N5O2/c1-5(17)3-16-4-7(10(13)18)8-9(12)14-6(2)15-11(8)16/h4-5,17H,3H2,1-2H3,(H2,13,18)(H2,12,14,15)/t5-/m0/s1. The molecule has 7 heteroatoms. The lowest BCUT2D eigenvalue weighted by atomic mass is 10.2. The number of aromatic nitrogens is 3. The van der Waals surface area contributed by atoms with Crippen LogP contribution in [0.15, 0.2) is 6.20 Å². The van der Waals surface area contributed by atoms with Crippen molar-refractivity contribution in [2.45, 2.75) is 26.5 Å². The quantitative estimate of drug-likeness (QED) is 0.695. The van der Waals surface area contributed by atoms with Crippen LogP contribution >= 0.6 is 0 Å². The van der Waals surface area contributed by atoms with Gasteiger partial charge in [0.25, 0.3) is 5.91 Å². The van der Waals surface area contributed by atoms with Crippen LogP contribution in [0, 0.1) is 6.92 Å². The molecule has 1 amide bonds. The van der Waals surface area contributed by atoms with E-state index in [0.29, 0.717) is 23.4 Å². The van der Waals surface area contributed by atoms with Crippen molar-refractivity contribution in [3.05, 3.63) is 17.6 Å². The third-order valence-corrected chi connectivity index (χ3v) is 2.58. The van der Waals surface area contributed by atoms with Gasteiger partial charge in [0.2, 0.25) is 0 Å². The molecular weight excluding hydrogens is 234 g/mol. The monoisotopic (exact) mass is 249 g/mol. The number of anilines is 1. The van der Waals surface area contributed by atoms with Crippen LogP contribution in [0.5, 0.6) is 0 Å². The highest BCUT2D eigenvalue weighted by molar-refractivity contribution is 6.08. The predicted molar refractivity (Wildman–Crippen MR) is 66.9 cm³/mol. The zero-order valence-electron chi connectivity index (χ0n) is 10.2. The summed E-state index contributed by atoms with van der Waals surface area (Å²) in [6, 6.07) is 0. The number of aliphatic hydroxyl groups excluding tert-OH is 1. The number of fused-ring (bicyclic) bond motifs is 1. The summed E-state index contributed by atoms with van der Waals surface area (Å²) in [5.41, 5.74) is 11.9. The fraction of sp³-hybridized carbons (Fsp3) is 0.364. The molecule has 0 unspecified atom stereocenters. The summed E-state index contributed by atoms with van der Waals surface area (Å²) in [5.74, 6) is 0.125. The van der Waals surface area contributed by atoms with E-state index in [4.69, 9.17) is 11.5 Å². The second-order valence-electron chi connectivity index (χ2n) is 4.26. The molecule has 7 nitrogen and oxygen atoms in total. The van der Waals surface area contributed by atoms with E-state index in [1.165, 1.54) is 0 Å². The van der Waals surface area contributed by atoms with Gasteiger partial charge in [0.15, 0.2) is 0 Å². The highest BCUT2D eigenvalue weighted by atomic mass is 16.3. The van der Waals surface area contributed by atoms with E-state index in [-0.39, 0.29) is 11.4 Å². The van der Waals surface area contributed by atoms with Gasteiger partial charge in [-0.1, -0.05) is 0 Å². The van der Waals surface area contributed by atoms with Gasteiger partial charge < -0.3 is 21.1 Å². The molecule has 0 spiro atoms. The molecule has 0 bridgehead atoms. The third kappa shape index (κ3) is 2.00. The van der Waals surface area contributed by atoms with E-state index >= 15 is 0 Å². The van der Waals surface area contributed by atoms with E-state index < -0.39 is 12.0 Å². The van der Waals surface area contributed by atoms with Gasteiger partial charge in [0.05, 0.1) is 17.1 Å². The Morgan fingerprint density at radius 2 is 2.22 bits per heavy atom. The Hall–Kier alpha value is -2.15. The molecule has 0 aliphatic heterocycles. The van der Waals surface area contributed by atoms with Crippen molar-refractivity contribution in [2.75, 3.05) is 5.73 Å². The summed E-state index contributed by atoms with van der Waals surface area (Å²) in [6.07, 6.45) is 0.974. The zero-order chi connectivity index (χ0) is 13.4. The minimum Gasteiger partial charge on any atom is -0.392 e. The lowest BCUT2D eigenvalue weighted by molar-refractivity contribution is 0.100. The Balaban J connectivity index is 2.76. The van der Waals surface area contributed by atoms with Gasteiger partial charge in [-0.2, -0.15) is 0 Å². The summed E-state index contributed by atoms with van der Waals surface area (Å²) < 4.78 is 1.66. The molecule has 2 rings (SSSR count). The van der Waals surface area contributed by atoms with E-state index in [9.17, 15) is 9.90 Å². The van der Waals surface area contributed by atoms with Gasteiger partial charge >= 0.3 is 0 Å². The lowest BCUT2D eigenvalue weighted by Crippen LogP contribution is -2.12. The maximum absolute atomic E-state index is 11.4. The molecule has 0 radical (unpaired) electrons. The number of aliphatic hydroxyl groups is 1. The average molecular weight is 249 g/mol. The van der Waals surface area contributed by atoms with Gasteiger partial charge in [-0.25, -0.2) is 9.97 Å². The van der Waals surface area contributed by atoms with Crippen LogP contribution in [0.2, 0.25) is 0 Å². The molecule has 0 fully saturated rings. The van der Waals surface area contributed by atoms with Crippen LogP contribution in [0.25, 0.3) is 11.0 Å². The number of amides is 1. The zero-order valence-corrected chi connectivity index (χ0v) is 10.2. The number of carbonyl (C=O) groups excluding carboxylic acids is 1. The minimum absolute atomic E-state index is 0.218. The molecule has 5 N–H and O–H groups in total. The first-order valence-corrected chi connectivity index (χ1v) is 5.51. The average Bonchev–Trinajstić information content (AvgIpc) is 2.56. The van der Waals surface area contributed by atoms with Crippen molar-refractivity contribution >= 4 is 22.8 Å². The highest BCUT2D eigenvalue weighted by Crippen LogP contribution is 2.24. The summed E-state index contributed by atoms with van der Waals surface area (Å²) in [6.45, 7) is 3.66. The maximum Gasteiger partial charge on any atom is 0.251 e. The second-order valence-corrected chi connectivity index (χ2v) is 4.26. The van der Waals surface area contributed by atoms with Crippen LogP contribution < -0.4 is 11.5 Å². The van der Waals surface area contributed by atoms with Crippen molar-refractivity contribution in [1.29, 1.82) is 0 Å². The molecule has 1 atom stereocenters. The van der Waals surface area contributed by atoms with E-state index in [0.717, 1.165) is 0 Å². The number of carbonyl (C=O) groups is 1. The first-order valence-electron chi connectivity index (χ1n) is 5.51. The summed E-state index contributed by atoms with van der Waals surface area (Å²) in [7, 11) is 0. The Morgan fingerprint density at radius 1 is 1.56 bits per heavy atom. The minimum atomic E-state index is -0.594. The summed E-state index contributed by atoms with van der Waals surface area (Å²) >= 11 is 0. The van der Waals surface area contributed by atoms with Gasteiger partial charge in [0.1, 0.15) is 17.3 Å². The number of nitrogen functional groups attached to an aromatic ring is 1. The topological polar surface area (TPSA) is 120 Å². The van der Waals surface area contributed by atoms with Crippen molar-refractivity contribution in [3.63, 3.8) is 0 Å². The molecule has 18 heavy (non-hydrogen) atoms. The third-order valence-electron chi connectivity index (χ3n) is 2.58. The normalized spacial score (nSPS) is 12.8. The maximum atomic E-state index is 11.4. The predicted octanol–water partition coefficient (Wildman–Crippen LogP) is -0.198. The van der Waals surface area contributed by atoms with Crippen molar-refractivity contribution in [1.82, 2.24) is 14.5 Å². The van der Waals surface area contributed by atoms with Crippen LogP contribution in [0.1, 0.15) is 23.1 Å². The molecule has 0 saturated heterocycles. The second kappa shape index (κ2) is 4.26. The fourth-order valence-electron chi connectivity index (χ4n) is 1.94. The summed E-state index contributed by atoms with van der Waals surface area (Å²) in [5, 5.41) is 9.88. The van der Waals surface area contributed by atoms with Crippen LogP contribution in [0.4, 0.5) is 5.82 Å².